The first-order valence-corrected chi connectivity index (χ1v) is 10.3. The second-order valence-corrected chi connectivity index (χ2v) is 8.40. The third-order valence-electron chi connectivity index (χ3n) is 5.94. The Hall–Kier alpha value is -3.39. The number of carbonyl (C=O) groups is 2. The molecule has 3 heterocycles. The number of amides is 3. The Labute approximate surface area is 184 Å². The molecule has 2 aromatic carbocycles. The SMILES string of the molecule is Cc1ccc(-c2nnc3n2C2C(C(=O)N(C)C(=O)N2C)N3Cc2cccc(Cl)c2)cc1. The zero-order valence-corrected chi connectivity index (χ0v) is 18.1. The number of aromatic nitrogens is 3. The van der Waals surface area contributed by atoms with Crippen LogP contribution in [0.4, 0.5) is 10.7 Å². The van der Waals surface area contributed by atoms with E-state index in [9.17, 15) is 9.59 Å². The molecule has 0 N–H and O–H groups in total. The number of halogens is 1. The number of nitrogens with zero attached hydrogens (tertiary/aromatic N) is 6. The van der Waals surface area contributed by atoms with Crippen molar-refractivity contribution in [2.24, 2.45) is 0 Å². The molecule has 1 aromatic heterocycles. The highest BCUT2D eigenvalue weighted by Crippen LogP contribution is 2.42. The number of benzene rings is 2. The number of anilines is 1. The van der Waals surface area contributed by atoms with Crippen molar-refractivity contribution in [3.05, 3.63) is 64.7 Å². The predicted molar refractivity (Wildman–Crippen MR) is 117 cm³/mol. The highest BCUT2D eigenvalue weighted by Gasteiger charge is 2.54. The fourth-order valence-electron chi connectivity index (χ4n) is 4.34. The van der Waals surface area contributed by atoms with Crippen LogP contribution in [-0.2, 0) is 11.3 Å². The Kier molecular flexibility index (Phi) is 4.48. The number of rotatable bonds is 3. The highest BCUT2D eigenvalue weighted by atomic mass is 35.5. The fourth-order valence-corrected chi connectivity index (χ4v) is 4.55. The molecule has 8 nitrogen and oxygen atoms in total. The van der Waals surface area contributed by atoms with Crippen molar-refractivity contribution in [3.8, 4) is 11.4 Å². The maximum absolute atomic E-state index is 13.2. The molecule has 31 heavy (non-hydrogen) atoms. The molecular weight excluding hydrogens is 416 g/mol. The summed E-state index contributed by atoms with van der Waals surface area (Å²) >= 11 is 6.18. The molecule has 1 fully saturated rings. The largest absolute Gasteiger partial charge is 0.327 e. The lowest BCUT2D eigenvalue weighted by Crippen LogP contribution is -2.61. The molecule has 158 valence electrons. The quantitative estimate of drug-likeness (QED) is 0.629. The van der Waals surface area contributed by atoms with Crippen LogP contribution in [0.15, 0.2) is 48.5 Å². The van der Waals surface area contributed by atoms with Gasteiger partial charge in [-0.2, -0.15) is 0 Å². The van der Waals surface area contributed by atoms with E-state index in [4.69, 9.17) is 11.6 Å². The maximum atomic E-state index is 13.2. The summed E-state index contributed by atoms with van der Waals surface area (Å²) in [6.07, 6.45) is -0.545. The lowest BCUT2D eigenvalue weighted by atomic mass is 10.1. The zero-order chi connectivity index (χ0) is 21.9. The molecule has 0 bridgehead atoms. The van der Waals surface area contributed by atoms with Crippen LogP contribution in [0.5, 0.6) is 0 Å². The number of hydrogen-bond acceptors (Lipinski definition) is 5. The molecule has 2 aliphatic heterocycles. The summed E-state index contributed by atoms with van der Waals surface area (Å²) in [6.45, 7) is 2.43. The van der Waals surface area contributed by atoms with Gasteiger partial charge in [-0.15, -0.1) is 10.2 Å². The fraction of sp³-hybridized carbons (Fsp3) is 0.273. The highest BCUT2D eigenvalue weighted by molar-refractivity contribution is 6.30. The van der Waals surface area contributed by atoms with Crippen molar-refractivity contribution in [1.82, 2.24) is 24.6 Å². The minimum Gasteiger partial charge on any atom is -0.321 e. The number of carbonyl (C=O) groups excluding carboxylic acids is 2. The lowest BCUT2D eigenvalue weighted by molar-refractivity contribution is -0.133. The van der Waals surface area contributed by atoms with Crippen LogP contribution in [0.1, 0.15) is 17.3 Å². The van der Waals surface area contributed by atoms with Crippen molar-refractivity contribution < 1.29 is 9.59 Å². The van der Waals surface area contributed by atoms with Gasteiger partial charge in [-0.05, 0) is 24.6 Å². The molecule has 9 heteroatoms. The van der Waals surface area contributed by atoms with Gasteiger partial charge in [0.05, 0.1) is 0 Å². The monoisotopic (exact) mass is 436 g/mol. The van der Waals surface area contributed by atoms with Crippen LogP contribution in [-0.4, -0.2) is 56.6 Å². The number of likely N-dealkylation sites (N-methyl/N-ethyl adjacent to an activating group) is 2. The number of fused-ring (bicyclic) bond motifs is 3. The molecule has 0 spiro atoms. The smallest absolute Gasteiger partial charge is 0.321 e. The second-order valence-electron chi connectivity index (χ2n) is 7.97. The second kappa shape index (κ2) is 7.09. The van der Waals surface area contributed by atoms with Gasteiger partial charge in [0.15, 0.2) is 11.9 Å². The molecule has 0 saturated carbocycles. The van der Waals surface area contributed by atoms with Crippen molar-refractivity contribution in [2.75, 3.05) is 19.0 Å². The van der Waals surface area contributed by atoms with Crippen molar-refractivity contribution in [2.45, 2.75) is 25.7 Å². The Morgan fingerprint density at radius 2 is 1.77 bits per heavy atom. The van der Waals surface area contributed by atoms with E-state index < -0.39 is 12.2 Å². The third-order valence-corrected chi connectivity index (χ3v) is 6.17. The summed E-state index contributed by atoms with van der Waals surface area (Å²) in [5.74, 6) is 0.903. The normalized spacial score (nSPS) is 20.3. The molecule has 1 saturated heterocycles. The number of imide groups is 1. The van der Waals surface area contributed by atoms with Crippen LogP contribution in [0.3, 0.4) is 0 Å². The summed E-state index contributed by atoms with van der Waals surface area (Å²) < 4.78 is 1.89. The van der Waals surface area contributed by atoms with Gasteiger partial charge in [-0.3, -0.25) is 14.3 Å². The van der Waals surface area contributed by atoms with E-state index in [0.717, 1.165) is 21.6 Å². The number of hydrogen-bond donors (Lipinski definition) is 0. The van der Waals surface area contributed by atoms with Crippen LogP contribution in [0.25, 0.3) is 11.4 Å². The van der Waals surface area contributed by atoms with E-state index >= 15 is 0 Å². The maximum Gasteiger partial charge on any atom is 0.327 e. The predicted octanol–water partition coefficient (Wildman–Crippen LogP) is 3.32. The van der Waals surface area contributed by atoms with Gasteiger partial charge < -0.3 is 9.80 Å². The Balaban J connectivity index is 1.65. The van der Waals surface area contributed by atoms with E-state index in [1.165, 1.54) is 7.05 Å². The minimum atomic E-state index is -0.610. The molecule has 0 aliphatic carbocycles. The van der Waals surface area contributed by atoms with Crippen molar-refractivity contribution >= 4 is 29.5 Å². The summed E-state index contributed by atoms with van der Waals surface area (Å²) in [6, 6.07) is 14.5. The Bertz CT molecular complexity index is 1190. The van der Waals surface area contributed by atoms with E-state index in [1.807, 2.05) is 64.9 Å². The van der Waals surface area contributed by atoms with Crippen LogP contribution in [0, 0.1) is 6.92 Å². The van der Waals surface area contributed by atoms with Crippen molar-refractivity contribution in [1.29, 1.82) is 0 Å². The molecule has 2 atom stereocenters. The van der Waals surface area contributed by atoms with Gasteiger partial charge in [0.1, 0.15) is 6.17 Å². The molecular formula is C22H21ClN6O2. The summed E-state index contributed by atoms with van der Waals surface area (Å²) in [5, 5.41) is 9.48. The third kappa shape index (κ3) is 2.97. The average Bonchev–Trinajstić information content (AvgIpc) is 3.30. The van der Waals surface area contributed by atoms with E-state index in [2.05, 4.69) is 10.2 Å². The molecule has 5 rings (SSSR count). The first-order valence-electron chi connectivity index (χ1n) is 9.94. The summed E-state index contributed by atoms with van der Waals surface area (Å²) in [5.41, 5.74) is 2.95. The van der Waals surface area contributed by atoms with Crippen LogP contribution >= 0.6 is 11.6 Å². The van der Waals surface area contributed by atoms with Gasteiger partial charge in [0, 0.05) is 31.2 Å². The Morgan fingerprint density at radius 1 is 1.03 bits per heavy atom. The Morgan fingerprint density at radius 3 is 2.48 bits per heavy atom. The van der Waals surface area contributed by atoms with E-state index in [1.54, 1.807) is 11.9 Å². The van der Waals surface area contributed by atoms with Crippen LogP contribution in [0.2, 0.25) is 5.02 Å². The molecule has 2 unspecified atom stereocenters. The minimum absolute atomic E-state index is 0.268. The van der Waals surface area contributed by atoms with Crippen LogP contribution < -0.4 is 4.90 Å². The van der Waals surface area contributed by atoms with Gasteiger partial charge in [0.25, 0.3) is 5.91 Å². The summed E-state index contributed by atoms with van der Waals surface area (Å²) in [4.78, 5) is 30.6. The van der Waals surface area contributed by atoms with Gasteiger partial charge in [-0.1, -0.05) is 53.6 Å². The molecule has 3 amide bonds. The molecule has 2 aliphatic rings. The number of aryl methyl sites for hydroxylation is 1. The van der Waals surface area contributed by atoms with Crippen molar-refractivity contribution in [3.63, 3.8) is 0 Å². The molecule has 3 aromatic rings. The van der Waals surface area contributed by atoms with Gasteiger partial charge in [0.2, 0.25) is 5.95 Å². The molecule has 0 radical (unpaired) electrons. The van der Waals surface area contributed by atoms with Gasteiger partial charge >= 0.3 is 6.03 Å². The number of urea groups is 1. The summed E-state index contributed by atoms with van der Waals surface area (Å²) in [7, 11) is 3.21. The topological polar surface area (TPSA) is 74.6 Å². The standard InChI is InChI=1S/C22H21ClN6O2/c1-13-7-9-15(10-8-13)18-24-25-21-28(12-14-5-4-6-16(23)11-14)17-19(29(18)21)26(2)22(31)27(3)20(17)30/h4-11,17,19H,12H2,1-3H3. The van der Waals surface area contributed by atoms with E-state index in [-0.39, 0.29) is 11.9 Å². The lowest BCUT2D eigenvalue weighted by Gasteiger charge is -2.40. The zero-order valence-electron chi connectivity index (χ0n) is 17.4. The first-order chi connectivity index (χ1) is 14.9. The van der Waals surface area contributed by atoms with E-state index in [0.29, 0.717) is 23.3 Å². The first kappa shape index (κ1) is 19.6. The average molecular weight is 437 g/mol. The van der Waals surface area contributed by atoms with Gasteiger partial charge in [-0.25, -0.2) is 4.79 Å².